The minimum absolute atomic E-state index is 0.00832. The summed E-state index contributed by atoms with van der Waals surface area (Å²) in [6.45, 7) is 2.79. The van der Waals surface area contributed by atoms with Crippen LogP contribution < -0.4 is 14.9 Å². The molecule has 0 bridgehead atoms. The van der Waals surface area contributed by atoms with E-state index in [1.54, 1.807) is 31.2 Å². The Morgan fingerprint density at radius 3 is 2.58 bits per heavy atom. The van der Waals surface area contributed by atoms with Gasteiger partial charge in [0.25, 0.3) is 0 Å². The zero-order valence-electron chi connectivity index (χ0n) is 19.4. The predicted octanol–water partition coefficient (Wildman–Crippen LogP) is 6.34. The molecule has 0 N–H and O–H groups in total. The summed E-state index contributed by atoms with van der Waals surface area (Å²) in [5.74, 6) is -0.164. The van der Waals surface area contributed by atoms with Crippen LogP contribution in [-0.2, 0) is 4.74 Å². The smallest absolute Gasteiger partial charge is 0.343 e. The Bertz CT molecular complexity index is 1470. The number of carbonyl (C=O) groups is 1. The fourth-order valence-corrected chi connectivity index (χ4v) is 4.45. The predicted molar refractivity (Wildman–Crippen MR) is 133 cm³/mol. The topological polar surface area (TPSA) is 75.0 Å². The molecule has 1 atom stereocenters. The van der Waals surface area contributed by atoms with E-state index in [1.807, 2.05) is 0 Å². The molecule has 36 heavy (non-hydrogen) atoms. The fourth-order valence-electron chi connectivity index (χ4n) is 4.19. The summed E-state index contributed by atoms with van der Waals surface area (Å²) in [6.07, 6.45) is 2.12. The molecule has 3 aromatic carbocycles. The number of carbonyl (C=O) groups excluding carboxylic acids is 1. The second kappa shape index (κ2) is 10.1. The van der Waals surface area contributed by atoms with Gasteiger partial charge in [0.1, 0.15) is 35.3 Å². The minimum atomic E-state index is -0.619. The van der Waals surface area contributed by atoms with E-state index in [0.717, 1.165) is 19.4 Å². The van der Waals surface area contributed by atoms with E-state index in [2.05, 4.69) is 0 Å². The molecule has 0 amide bonds. The molecule has 1 saturated heterocycles. The summed E-state index contributed by atoms with van der Waals surface area (Å²) < 4.78 is 37.0. The fraction of sp³-hybridized carbons (Fsp3) is 0.214. The van der Waals surface area contributed by atoms with Gasteiger partial charge in [-0.05, 0) is 68.3 Å². The van der Waals surface area contributed by atoms with Crippen molar-refractivity contribution in [2.45, 2.75) is 25.9 Å². The number of rotatable bonds is 6. The maximum atomic E-state index is 14.5. The van der Waals surface area contributed by atoms with Gasteiger partial charge < -0.3 is 18.6 Å². The third-order valence-corrected chi connectivity index (χ3v) is 6.33. The van der Waals surface area contributed by atoms with E-state index in [-0.39, 0.29) is 44.7 Å². The summed E-state index contributed by atoms with van der Waals surface area (Å²) in [7, 11) is 0. The lowest BCUT2D eigenvalue weighted by molar-refractivity contribution is 0.0678. The molecule has 2 heterocycles. The monoisotopic (exact) mass is 508 g/mol. The van der Waals surface area contributed by atoms with Gasteiger partial charge in [-0.1, -0.05) is 17.7 Å². The highest BCUT2D eigenvalue weighted by atomic mass is 35.5. The van der Waals surface area contributed by atoms with Crippen molar-refractivity contribution in [2.24, 2.45) is 0 Å². The SMILES string of the molecule is Cc1oc2cc(OC(=O)c3ccc(OCC4CCCO4)cc3)ccc2c(=O)c1-c1c(F)cccc1Cl. The first kappa shape index (κ1) is 24.0. The van der Waals surface area contributed by atoms with Gasteiger partial charge in [-0.2, -0.15) is 0 Å². The van der Waals surface area contributed by atoms with Crippen LogP contribution in [0.3, 0.4) is 0 Å². The second-order valence-electron chi connectivity index (χ2n) is 8.48. The number of halogens is 2. The van der Waals surface area contributed by atoms with Crippen molar-refractivity contribution in [3.8, 4) is 22.6 Å². The van der Waals surface area contributed by atoms with Gasteiger partial charge in [0.05, 0.1) is 27.6 Å². The molecule has 184 valence electrons. The summed E-state index contributed by atoms with van der Waals surface area (Å²) in [6, 6.07) is 15.2. The molecule has 4 aromatic rings. The standard InChI is InChI=1S/C28H22ClFO6/c1-16-25(26-22(29)5-2-6-23(26)30)27(31)21-12-11-19(14-24(21)35-16)36-28(32)17-7-9-18(10-8-17)34-15-20-4-3-13-33-20/h2,5-12,14,20H,3-4,13,15H2,1H3. The van der Waals surface area contributed by atoms with E-state index in [4.69, 9.17) is 30.2 Å². The van der Waals surface area contributed by atoms with E-state index in [0.29, 0.717) is 17.9 Å². The Kier molecular flexibility index (Phi) is 6.76. The number of ether oxygens (including phenoxy) is 3. The van der Waals surface area contributed by atoms with Crippen molar-refractivity contribution in [3.05, 3.63) is 93.1 Å². The van der Waals surface area contributed by atoms with Gasteiger partial charge in [-0.15, -0.1) is 0 Å². The zero-order chi connectivity index (χ0) is 25.2. The molecule has 1 aliphatic heterocycles. The van der Waals surface area contributed by atoms with Crippen molar-refractivity contribution in [3.63, 3.8) is 0 Å². The third kappa shape index (κ3) is 4.85. The van der Waals surface area contributed by atoms with Crippen LogP contribution in [0.5, 0.6) is 11.5 Å². The molecule has 0 radical (unpaired) electrons. The van der Waals surface area contributed by atoms with E-state index in [9.17, 15) is 14.0 Å². The first-order valence-corrected chi connectivity index (χ1v) is 11.9. The molecule has 0 spiro atoms. The molecule has 1 unspecified atom stereocenters. The van der Waals surface area contributed by atoms with Gasteiger partial charge in [-0.25, -0.2) is 9.18 Å². The van der Waals surface area contributed by atoms with Crippen LogP contribution in [0.2, 0.25) is 5.02 Å². The maximum absolute atomic E-state index is 14.5. The Morgan fingerprint density at radius 1 is 1.08 bits per heavy atom. The Morgan fingerprint density at radius 2 is 1.86 bits per heavy atom. The number of aryl methyl sites for hydroxylation is 1. The summed E-state index contributed by atoms with van der Waals surface area (Å²) in [5, 5.41) is 0.320. The number of hydrogen-bond acceptors (Lipinski definition) is 6. The lowest BCUT2D eigenvalue weighted by atomic mass is 10.0. The van der Waals surface area contributed by atoms with Crippen LogP contribution >= 0.6 is 11.6 Å². The van der Waals surface area contributed by atoms with E-state index in [1.165, 1.54) is 36.4 Å². The van der Waals surface area contributed by atoms with Crippen molar-refractivity contribution >= 4 is 28.5 Å². The van der Waals surface area contributed by atoms with Crippen molar-refractivity contribution in [2.75, 3.05) is 13.2 Å². The molecule has 0 aliphatic carbocycles. The van der Waals surface area contributed by atoms with Crippen molar-refractivity contribution in [1.82, 2.24) is 0 Å². The molecule has 8 heteroatoms. The van der Waals surface area contributed by atoms with Crippen LogP contribution in [-0.4, -0.2) is 25.3 Å². The van der Waals surface area contributed by atoms with Crippen molar-refractivity contribution in [1.29, 1.82) is 0 Å². The van der Waals surface area contributed by atoms with Crippen LogP contribution in [0.25, 0.3) is 22.1 Å². The quantitative estimate of drug-likeness (QED) is 0.223. The zero-order valence-corrected chi connectivity index (χ0v) is 20.1. The molecular formula is C28H22ClFO6. The number of esters is 1. The van der Waals surface area contributed by atoms with Crippen LogP contribution in [0.1, 0.15) is 29.0 Å². The van der Waals surface area contributed by atoms with Gasteiger partial charge in [-0.3, -0.25) is 4.79 Å². The van der Waals surface area contributed by atoms with Gasteiger partial charge in [0.2, 0.25) is 5.43 Å². The highest BCUT2D eigenvalue weighted by Crippen LogP contribution is 2.33. The maximum Gasteiger partial charge on any atom is 0.343 e. The number of fused-ring (bicyclic) bond motifs is 1. The van der Waals surface area contributed by atoms with Gasteiger partial charge in [0, 0.05) is 18.2 Å². The van der Waals surface area contributed by atoms with E-state index < -0.39 is 17.2 Å². The number of hydrogen-bond donors (Lipinski definition) is 0. The highest BCUT2D eigenvalue weighted by Gasteiger charge is 2.20. The Balaban J connectivity index is 1.35. The van der Waals surface area contributed by atoms with Gasteiger partial charge >= 0.3 is 5.97 Å². The summed E-state index contributed by atoms with van der Waals surface area (Å²) in [4.78, 5) is 25.8. The second-order valence-corrected chi connectivity index (χ2v) is 8.88. The molecule has 1 aromatic heterocycles. The molecule has 5 rings (SSSR count). The molecule has 1 fully saturated rings. The Hall–Kier alpha value is -3.68. The first-order chi connectivity index (χ1) is 17.4. The Labute approximate surface area is 211 Å². The minimum Gasteiger partial charge on any atom is -0.491 e. The average molecular weight is 509 g/mol. The molecule has 0 saturated carbocycles. The lowest BCUT2D eigenvalue weighted by Crippen LogP contribution is -2.16. The lowest BCUT2D eigenvalue weighted by Gasteiger charge is -2.12. The van der Waals surface area contributed by atoms with Crippen LogP contribution in [0.4, 0.5) is 4.39 Å². The largest absolute Gasteiger partial charge is 0.491 e. The normalized spacial score (nSPS) is 15.2. The molecule has 1 aliphatic rings. The van der Waals surface area contributed by atoms with Crippen LogP contribution in [0, 0.1) is 12.7 Å². The summed E-state index contributed by atoms with van der Waals surface area (Å²) in [5.41, 5.74) is 0.152. The number of benzene rings is 3. The molecule has 6 nitrogen and oxygen atoms in total. The molecular weight excluding hydrogens is 487 g/mol. The highest BCUT2D eigenvalue weighted by molar-refractivity contribution is 6.33. The van der Waals surface area contributed by atoms with Crippen molar-refractivity contribution < 1.29 is 27.8 Å². The average Bonchev–Trinajstić information content (AvgIpc) is 3.38. The van der Waals surface area contributed by atoms with Crippen LogP contribution in [0.15, 0.2) is 69.9 Å². The first-order valence-electron chi connectivity index (χ1n) is 11.5. The third-order valence-electron chi connectivity index (χ3n) is 6.01. The summed E-state index contributed by atoms with van der Waals surface area (Å²) >= 11 is 6.17. The van der Waals surface area contributed by atoms with Gasteiger partial charge in [0.15, 0.2) is 0 Å². The van der Waals surface area contributed by atoms with E-state index >= 15 is 0 Å².